The van der Waals surface area contributed by atoms with Crippen molar-refractivity contribution in [1.82, 2.24) is 4.90 Å². The Kier molecular flexibility index (Phi) is 5.03. The number of hydrogen-bond donors (Lipinski definition) is 0. The Bertz CT molecular complexity index is 505. The molecule has 5 heteroatoms. The van der Waals surface area contributed by atoms with Crippen molar-refractivity contribution in [2.24, 2.45) is 0 Å². The first-order valence-electron chi connectivity index (χ1n) is 8.16. The van der Waals surface area contributed by atoms with Gasteiger partial charge in [0, 0.05) is 55.7 Å². The van der Waals surface area contributed by atoms with Crippen LogP contribution in [0.3, 0.4) is 0 Å². The van der Waals surface area contributed by atoms with E-state index in [-0.39, 0.29) is 12.8 Å². The maximum atomic E-state index is 13.2. The van der Waals surface area contributed by atoms with E-state index in [1.54, 1.807) is 0 Å². The lowest BCUT2D eigenvalue weighted by atomic mass is 10.1. The topological polar surface area (TPSA) is 6.48 Å². The van der Waals surface area contributed by atoms with E-state index in [1.807, 2.05) is 0 Å². The fraction of sp³-hybridized carbons (Fsp3) is 0.647. The third-order valence-electron chi connectivity index (χ3n) is 4.66. The summed E-state index contributed by atoms with van der Waals surface area (Å²) in [5.74, 6) is -2.47. The van der Waals surface area contributed by atoms with Crippen LogP contribution in [0.15, 0.2) is 22.7 Å². The minimum absolute atomic E-state index is 0.0139. The van der Waals surface area contributed by atoms with Gasteiger partial charge in [0.05, 0.1) is 0 Å². The Morgan fingerprint density at radius 2 is 1.64 bits per heavy atom. The molecule has 3 rings (SSSR count). The standard InChI is InChI=1S/C17H23BrF2N2/c18-15-10-14(13-21-8-4-17(19,20)5-9-21)11-16(12-15)22-6-2-1-3-7-22/h10-12H,1-9,13H2. The highest BCUT2D eigenvalue weighted by Crippen LogP contribution is 2.30. The Labute approximate surface area is 139 Å². The van der Waals surface area contributed by atoms with Gasteiger partial charge in [-0.1, -0.05) is 15.9 Å². The third kappa shape index (κ3) is 4.19. The number of anilines is 1. The molecule has 2 aliphatic heterocycles. The second kappa shape index (κ2) is 6.83. The molecule has 1 aromatic carbocycles. The zero-order chi connectivity index (χ0) is 15.6. The highest BCUT2D eigenvalue weighted by molar-refractivity contribution is 9.10. The second-order valence-corrected chi connectivity index (χ2v) is 7.41. The molecule has 1 aromatic rings. The highest BCUT2D eigenvalue weighted by Gasteiger charge is 2.33. The molecular weight excluding hydrogens is 350 g/mol. The summed E-state index contributed by atoms with van der Waals surface area (Å²) in [6.07, 6.45) is 3.80. The van der Waals surface area contributed by atoms with Gasteiger partial charge in [-0.2, -0.15) is 0 Å². The highest BCUT2D eigenvalue weighted by atomic mass is 79.9. The summed E-state index contributed by atoms with van der Waals surface area (Å²) in [7, 11) is 0. The number of benzene rings is 1. The Morgan fingerprint density at radius 3 is 2.32 bits per heavy atom. The van der Waals surface area contributed by atoms with E-state index in [0.717, 1.165) is 24.1 Å². The summed E-state index contributed by atoms with van der Waals surface area (Å²) < 4.78 is 27.6. The summed E-state index contributed by atoms with van der Waals surface area (Å²) in [4.78, 5) is 4.57. The van der Waals surface area contributed by atoms with Gasteiger partial charge in [-0.3, -0.25) is 4.90 Å². The molecule has 0 aromatic heterocycles. The van der Waals surface area contributed by atoms with Crippen LogP contribution in [-0.2, 0) is 6.54 Å². The predicted molar refractivity (Wildman–Crippen MR) is 89.7 cm³/mol. The summed E-state index contributed by atoms with van der Waals surface area (Å²) in [6, 6.07) is 6.50. The van der Waals surface area contributed by atoms with Crippen molar-refractivity contribution in [3.63, 3.8) is 0 Å². The largest absolute Gasteiger partial charge is 0.371 e. The fourth-order valence-corrected chi connectivity index (χ4v) is 3.88. The molecule has 0 unspecified atom stereocenters. The van der Waals surface area contributed by atoms with Crippen LogP contribution in [0.5, 0.6) is 0 Å². The van der Waals surface area contributed by atoms with Crippen LogP contribution in [0.25, 0.3) is 0 Å². The van der Waals surface area contributed by atoms with Crippen molar-refractivity contribution in [2.75, 3.05) is 31.1 Å². The number of alkyl halides is 2. The van der Waals surface area contributed by atoms with Gasteiger partial charge in [0.15, 0.2) is 0 Å². The molecule has 0 amide bonds. The zero-order valence-electron chi connectivity index (χ0n) is 12.8. The molecule has 2 saturated heterocycles. The van der Waals surface area contributed by atoms with E-state index in [2.05, 4.69) is 43.9 Å². The zero-order valence-corrected chi connectivity index (χ0v) is 14.4. The molecule has 2 aliphatic rings. The summed E-state index contributed by atoms with van der Waals surface area (Å²) in [5, 5.41) is 0. The summed E-state index contributed by atoms with van der Waals surface area (Å²) in [5.41, 5.74) is 2.46. The smallest absolute Gasteiger partial charge is 0.250 e. The van der Waals surface area contributed by atoms with Crippen molar-refractivity contribution in [3.8, 4) is 0 Å². The molecule has 0 N–H and O–H groups in total. The van der Waals surface area contributed by atoms with Crippen LogP contribution in [0, 0.1) is 0 Å². The van der Waals surface area contributed by atoms with Crippen molar-refractivity contribution in [3.05, 3.63) is 28.2 Å². The van der Waals surface area contributed by atoms with Crippen LogP contribution in [0.2, 0.25) is 0 Å². The van der Waals surface area contributed by atoms with E-state index >= 15 is 0 Å². The molecule has 22 heavy (non-hydrogen) atoms. The number of piperidine rings is 2. The minimum atomic E-state index is -2.47. The Balaban J connectivity index is 1.67. The van der Waals surface area contributed by atoms with Gasteiger partial charge < -0.3 is 4.90 Å². The van der Waals surface area contributed by atoms with Gasteiger partial charge in [-0.25, -0.2) is 8.78 Å². The van der Waals surface area contributed by atoms with Crippen molar-refractivity contribution < 1.29 is 8.78 Å². The van der Waals surface area contributed by atoms with E-state index in [4.69, 9.17) is 0 Å². The quantitative estimate of drug-likeness (QED) is 0.760. The van der Waals surface area contributed by atoms with Crippen LogP contribution in [0.1, 0.15) is 37.7 Å². The van der Waals surface area contributed by atoms with Crippen LogP contribution in [-0.4, -0.2) is 37.0 Å². The van der Waals surface area contributed by atoms with Crippen molar-refractivity contribution >= 4 is 21.6 Å². The molecule has 0 saturated carbocycles. The summed E-state index contributed by atoms with van der Waals surface area (Å²) in [6.45, 7) is 3.96. The second-order valence-electron chi connectivity index (χ2n) is 6.50. The first kappa shape index (κ1) is 16.2. The lowest BCUT2D eigenvalue weighted by Gasteiger charge is -2.32. The number of likely N-dealkylation sites (tertiary alicyclic amines) is 1. The van der Waals surface area contributed by atoms with Gasteiger partial charge in [0.2, 0.25) is 0 Å². The van der Waals surface area contributed by atoms with Gasteiger partial charge >= 0.3 is 0 Å². The maximum Gasteiger partial charge on any atom is 0.250 e. The fourth-order valence-electron chi connectivity index (χ4n) is 3.36. The monoisotopic (exact) mass is 372 g/mol. The average molecular weight is 373 g/mol. The van der Waals surface area contributed by atoms with E-state index in [1.165, 1.54) is 30.5 Å². The van der Waals surface area contributed by atoms with Crippen molar-refractivity contribution in [2.45, 2.75) is 44.6 Å². The Morgan fingerprint density at radius 1 is 0.955 bits per heavy atom. The molecule has 0 atom stereocenters. The predicted octanol–water partition coefficient (Wildman–Crippen LogP) is 4.67. The SMILES string of the molecule is FC1(F)CCN(Cc2cc(Br)cc(N3CCCCC3)c2)CC1. The molecule has 0 bridgehead atoms. The molecular formula is C17H23BrF2N2. The lowest BCUT2D eigenvalue weighted by Crippen LogP contribution is -2.38. The Hall–Kier alpha value is -0.680. The molecule has 0 aliphatic carbocycles. The minimum Gasteiger partial charge on any atom is -0.371 e. The van der Waals surface area contributed by atoms with E-state index in [0.29, 0.717) is 13.1 Å². The molecule has 0 spiro atoms. The number of hydrogen-bond acceptors (Lipinski definition) is 2. The summed E-state index contributed by atoms with van der Waals surface area (Å²) >= 11 is 3.60. The van der Waals surface area contributed by atoms with E-state index in [9.17, 15) is 8.78 Å². The molecule has 2 fully saturated rings. The number of nitrogens with zero attached hydrogens (tertiary/aromatic N) is 2. The van der Waals surface area contributed by atoms with Crippen LogP contribution in [0.4, 0.5) is 14.5 Å². The van der Waals surface area contributed by atoms with Gasteiger partial charge in [0.1, 0.15) is 0 Å². The van der Waals surface area contributed by atoms with Crippen LogP contribution < -0.4 is 4.90 Å². The number of halogens is 3. The van der Waals surface area contributed by atoms with Crippen LogP contribution >= 0.6 is 15.9 Å². The lowest BCUT2D eigenvalue weighted by molar-refractivity contribution is -0.0566. The normalized spacial score (nSPS) is 22.8. The molecule has 2 nitrogen and oxygen atoms in total. The maximum absolute atomic E-state index is 13.2. The first-order chi connectivity index (χ1) is 10.5. The first-order valence-corrected chi connectivity index (χ1v) is 8.96. The van der Waals surface area contributed by atoms with Crippen molar-refractivity contribution in [1.29, 1.82) is 0 Å². The third-order valence-corrected chi connectivity index (χ3v) is 5.12. The average Bonchev–Trinajstić information content (AvgIpc) is 2.50. The molecule has 2 heterocycles. The van der Waals surface area contributed by atoms with E-state index < -0.39 is 5.92 Å². The number of rotatable bonds is 3. The molecule has 0 radical (unpaired) electrons. The van der Waals surface area contributed by atoms with Gasteiger partial charge in [-0.05, 0) is 43.0 Å². The van der Waals surface area contributed by atoms with Gasteiger partial charge in [0.25, 0.3) is 5.92 Å². The van der Waals surface area contributed by atoms with Gasteiger partial charge in [-0.15, -0.1) is 0 Å². The molecule has 122 valence electrons.